The lowest BCUT2D eigenvalue weighted by Crippen LogP contribution is -2.12. The van der Waals surface area contributed by atoms with E-state index in [1.807, 2.05) is 50.4 Å². The highest BCUT2D eigenvalue weighted by Crippen LogP contribution is 2.33. The van der Waals surface area contributed by atoms with Gasteiger partial charge in [0.1, 0.15) is 5.82 Å². The Morgan fingerprint density at radius 2 is 1.71 bits per heavy atom. The SMILES string of the molecule is CC(Nc1c(Cl)cccc1Cl)c1nc2ccccc2n1C. The van der Waals surface area contributed by atoms with Crippen molar-refractivity contribution < 1.29 is 0 Å². The van der Waals surface area contributed by atoms with Crippen LogP contribution in [0.25, 0.3) is 11.0 Å². The van der Waals surface area contributed by atoms with Crippen molar-refractivity contribution in [1.29, 1.82) is 0 Å². The van der Waals surface area contributed by atoms with Gasteiger partial charge < -0.3 is 9.88 Å². The van der Waals surface area contributed by atoms with Crippen molar-refractivity contribution in [3.63, 3.8) is 0 Å². The van der Waals surface area contributed by atoms with Crippen LogP contribution in [0.3, 0.4) is 0 Å². The molecule has 3 nitrogen and oxygen atoms in total. The van der Waals surface area contributed by atoms with E-state index >= 15 is 0 Å². The fraction of sp³-hybridized carbons (Fsp3) is 0.188. The zero-order valence-corrected chi connectivity index (χ0v) is 13.3. The van der Waals surface area contributed by atoms with E-state index in [9.17, 15) is 0 Å². The summed E-state index contributed by atoms with van der Waals surface area (Å²) in [6.07, 6.45) is 0. The molecule has 0 spiro atoms. The summed E-state index contributed by atoms with van der Waals surface area (Å²) in [7, 11) is 2.01. The molecule has 1 heterocycles. The number of para-hydroxylation sites is 3. The van der Waals surface area contributed by atoms with Gasteiger partial charge in [-0.3, -0.25) is 0 Å². The van der Waals surface area contributed by atoms with Crippen molar-refractivity contribution in [1.82, 2.24) is 9.55 Å². The number of halogens is 2. The first-order chi connectivity index (χ1) is 10.1. The van der Waals surface area contributed by atoms with Gasteiger partial charge in [0.15, 0.2) is 0 Å². The molecule has 1 aromatic heterocycles. The standard InChI is InChI=1S/C16H15Cl2N3/c1-10(19-15-11(17)6-5-7-12(15)18)16-20-13-8-3-4-9-14(13)21(16)2/h3-10,19H,1-2H3. The number of anilines is 1. The molecule has 0 bridgehead atoms. The lowest BCUT2D eigenvalue weighted by molar-refractivity contribution is 0.734. The minimum atomic E-state index is -0.0141. The molecule has 0 saturated heterocycles. The Balaban J connectivity index is 1.97. The number of aryl methyl sites for hydroxylation is 1. The number of nitrogens with one attached hydrogen (secondary N) is 1. The van der Waals surface area contributed by atoms with Crippen LogP contribution in [0.5, 0.6) is 0 Å². The fourth-order valence-electron chi connectivity index (χ4n) is 2.47. The van der Waals surface area contributed by atoms with Gasteiger partial charge in [-0.25, -0.2) is 4.98 Å². The lowest BCUT2D eigenvalue weighted by atomic mass is 10.2. The molecule has 0 aliphatic rings. The van der Waals surface area contributed by atoms with E-state index < -0.39 is 0 Å². The number of hydrogen-bond donors (Lipinski definition) is 1. The van der Waals surface area contributed by atoms with E-state index in [1.165, 1.54) is 0 Å². The number of benzene rings is 2. The van der Waals surface area contributed by atoms with E-state index in [1.54, 1.807) is 0 Å². The van der Waals surface area contributed by atoms with Crippen LogP contribution in [-0.4, -0.2) is 9.55 Å². The number of imidazole rings is 1. The van der Waals surface area contributed by atoms with Crippen molar-refractivity contribution in [3.8, 4) is 0 Å². The van der Waals surface area contributed by atoms with Crippen molar-refractivity contribution in [2.75, 3.05) is 5.32 Å². The maximum Gasteiger partial charge on any atom is 0.131 e. The van der Waals surface area contributed by atoms with Gasteiger partial charge in [-0.2, -0.15) is 0 Å². The van der Waals surface area contributed by atoms with E-state index in [-0.39, 0.29) is 6.04 Å². The van der Waals surface area contributed by atoms with Crippen LogP contribution < -0.4 is 5.32 Å². The zero-order chi connectivity index (χ0) is 15.0. The second-order valence-corrected chi connectivity index (χ2v) is 5.79. The zero-order valence-electron chi connectivity index (χ0n) is 11.8. The average molecular weight is 320 g/mol. The molecule has 3 rings (SSSR count). The van der Waals surface area contributed by atoms with Gasteiger partial charge in [-0.05, 0) is 31.2 Å². The third kappa shape index (κ3) is 2.59. The number of rotatable bonds is 3. The molecule has 0 radical (unpaired) electrons. The second-order valence-electron chi connectivity index (χ2n) is 4.98. The summed E-state index contributed by atoms with van der Waals surface area (Å²) in [5.74, 6) is 0.937. The quantitative estimate of drug-likeness (QED) is 0.731. The Morgan fingerprint density at radius 1 is 1.05 bits per heavy atom. The van der Waals surface area contributed by atoms with Crippen LogP contribution in [0.2, 0.25) is 10.0 Å². The summed E-state index contributed by atoms with van der Waals surface area (Å²) < 4.78 is 2.08. The summed E-state index contributed by atoms with van der Waals surface area (Å²) in [6.45, 7) is 2.04. The molecule has 3 aromatic rings. The molecule has 21 heavy (non-hydrogen) atoms. The van der Waals surface area contributed by atoms with Crippen LogP contribution >= 0.6 is 23.2 Å². The van der Waals surface area contributed by atoms with E-state index in [2.05, 4.69) is 20.9 Å². The number of hydrogen-bond acceptors (Lipinski definition) is 2. The monoisotopic (exact) mass is 319 g/mol. The average Bonchev–Trinajstić information content (AvgIpc) is 2.81. The molecule has 0 saturated carbocycles. The lowest BCUT2D eigenvalue weighted by Gasteiger charge is -2.17. The molecule has 108 valence electrons. The molecule has 0 fully saturated rings. The molecular formula is C16H15Cl2N3. The Hall–Kier alpha value is -1.71. The van der Waals surface area contributed by atoms with Crippen LogP contribution in [0, 0.1) is 0 Å². The number of aromatic nitrogens is 2. The molecular weight excluding hydrogens is 305 g/mol. The van der Waals surface area contributed by atoms with Gasteiger partial charge in [0.05, 0.1) is 32.8 Å². The van der Waals surface area contributed by atoms with Crippen LogP contribution in [0.1, 0.15) is 18.8 Å². The minimum absolute atomic E-state index is 0.0141. The van der Waals surface area contributed by atoms with Crippen molar-refractivity contribution in [3.05, 3.63) is 58.3 Å². The molecule has 1 N–H and O–H groups in total. The maximum absolute atomic E-state index is 6.21. The molecule has 0 aliphatic heterocycles. The Kier molecular flexibility index (Phi) is 3.79. The Bertz CT molecular complexity index is 775. The van der Waals surface area contributed by atoms with Gasteiger partial charge in [0, 0.05) is 7.05 Å². The largest absolute Gasteiger partial charge is 0.373 e. The topological polar surface area (TPSA) is 29.9 Å². The van der Waals surface area contributed by atoms with Crippen LogP contribution in [0.15, 0.2) is 42.5 Å². The first-order valence-corrected chi connectivity index (χ1v) is 7.45. The third-order valence-corrected chi connectivity index (χ3v) is 4.16. The van der Waals surface area contributed by atoms with Gasteiger partial charge in [0.2, 0.25) is 0 Å². The van der Waals surface area contributed by atoms with E-state index in [4.69, 9.17) is 23.2 Å². The molecule has 0 amide bonds. The molecule has 1 unspecified atom stereocenters. The highest BCUT2D eigenvalue weighted by atomic mass is 35.5. The van der Waals surface area contributed by atoms with Gasteiger partial charge >= 0.3 is 0 Å². The van der Waals surface area contributed by atoms with Gasteiger partial charge in [-0.15, -0.1) is 0 Å². The first-order valence-electron chi connectivity index (χ1n) is 6.70. The summed E-state index contributed by atoms with van der Waals surface area (Å²) in [5, 5.41) is 4.56. The highest BCUT2D eigenvalue weighted by Gasteiger charge is 2.16. The summed E-state index contributed by atoms with van der Waals surface area (Å²) in [4.78, 5) is 4.68. The Labute approximate surface area is 133 Å². The van der Waals surface area contributed by atoms with Crippen LogP contribution in [-0.2, 0) is 7.05 Å². The normalized spacial score (nSPS) is 12.6. The van der Waals surface area contributed by atoms with E-state index in [0.717, 1.165) is 22.5 Å². The molecule has 1 atom stereocenters. The van der Waals surface area contributed by atoms with Crippen molar-refractivity contribution in [2.24, 2.45) is 7.05 Å². The molecule has 5 heteroatoms. The number of nitrogens with zero attached hydrogens (tertiary/aromatic N) is 2. The fourth-order valence-corrected chi connectivity index (χ4v) is 2.97. The molecule has 0 aliphatic carbocycles. The Morgan fingerprint density at radius 3 is 2.38 bits per heavy atom. The van der Waals surface area contributed by atoms with Crippen LogP contribution in [0.4, 0.5) is 5.69 Å². The molecule has 2 aromatic carbocycles. The smallest absolute Gasteiger partial charge is 0.131 e. The third-order valence-electron chi connectivity index (χ3n) is 3.53. The second kappa shape index (κ2) is 5.58. The first kappa shape index (κ1) is 14.2. The predicted molar refractivity (Wildman–Crippen MR) is 89.2 cm³/mol. The van der Waals surface area contributed by atoms with Crippen molar-refractivity contribution >= 4 is 39.9 Å². The van der Waals surface area contributed by atoms with E-state index in [0.29, 0.717) is 10.0 Å². The highest BCUT2D eigenvalue weighted by molar-refractivity contribution is 6.39. The number of fused-ring (bicyclic) bond motifs is 1. The van der Waals surface area contributed by atoms with Gasteiger partial charge in [-0.1, -0.05) is 41.4 Å². The summed E-state index contributed by atoms with van der Waals surface area (Å²) >= 11 is 12.4. The maximum atomic E-state index is 6.21. The predicted octanol–water partition coefficient (Wildman–Crippen LogP) is 5.05. The summed E-state index contributed by atoms with van der Waals surface area (Å²) in [5.41, 5.74) is 2.82. The minimum Gasteiger partial charge on any atom is -0.373 e. The van der Waals surface area contributed by atoms with Crippen molar-refractivity contribution in [2.45, 2.75) is 13.0 Å². The summed E-state index contributed by atoms with van der Waals surface area (Å²) in [6, 6.07) is 13.5. The van der Waals surface area contributed by atoms with Gasteiger partial charge in [0.25, 0.3) is 0 Å².